The molecule has 1 N–H and O–H groups in total. The number of hydrogen-bond acceptors (Lipinski definition) is 4. The maximum atomic E-state index is 12.8. The summed E-state index contributed by atoms with van der Waals surface area (Å²) >= 11 is 0. The predicted octanol–water partition coefficient (Wildman–Crippen LogP) is 2.12. The molecule has 1 aromatic rings. The van der Waals surface area contributed by atoms with Crippen LogP contribution in [0.1, 0.15) is 32.3 Å². The summed E-state index contributed by atoms with van der Waals surface area (Å²) in [5.74, 6) is -0.244. The molecule has 158 valence electrons. The van der Waals surface area contributed by atoms with Crippen LogP contribution in [0, 0.1) is 5.92 Å². The first-order valence-electron chi connectivity index (χ1n) is 9.58. The molecule has 1 saturated heterocycles. The highest BCUT2D eigenvalue weighted by Crippen LogP contribution is 2.28. The average molecular weight is 403 g/mol. The molecule has 0 bridgehead atoms. The normalized spacial score (nSPS) is 20.9. The van der Waals surface area contributed by atoms with E-state index in [4.69, 9.17) is 4.74 Å². The number of ether oxygens (including phenoxy) is 1. The van der Waals surface area contributed by atoms with Gasteiger partial charge >= 0.3 is 6.18 Å². The van der Waals surface area contributed by atoms with Gasteiger partial charge < -0.3 is 19.5 Å². The van der Waals surface area contributed by atoms with Crippen molar-refractivity contribution in [1.82, 2.24) is 14.8 Å². The van der Waals surface area contributed by atoms with Crippen LogP contribution in [0.4, 0.5) is 13.2 Å². The fourth-order valence-electron chi connectivity index (χ4n) is 3.41. The van der Waals surface area contributed by atoms with Crippen molar-refractivity contribution in [1.29, 1.82) is 0 Å². The molecule has 1 aliphatic heterocycles. The Kier molecular flexibility index (Phi) is 8.06. The van der Waals surface area contributed by atoms with Crippen molar-refractivity contribution in [2.75, 3.05) is 32.8 Å². The fraction of sp³-hybridized carbons (Fsp3) is 0.684. The molecule has 1 aliphatic rings. The SMILES string of the molecule is CCOCCCN1CCC(NC(=O)Cn2cc(C(F)(F)F)ccc2=O)C(C)C1. The third-order valence-electron chi connectivity index (χ3n) is 4.93. The molecular weight excluding hydrogens is 375 g/mol. The smallest absolute Gasteiger partial charge is 0.382 e. The van der Waals surface area contributed by atoms with Gasteiger partial charge in [0.1, 0.15) is 6.54 Å². The molecule has 2 atom stereocenters. The van der Waals surface area contributed by atoms with Crippen molar-refractivity contribution >= 4 is 5.91 Å². The lowest BCUT2D eigenvalue weighted by molar-refractivity contribution is -0.138. The van der Waals surface area contributed by atoms with Gasteiger partial charge in [-0.15, -0.1) is 0 Å². The average Bonchev–Trinajstić information content (AvgIpc) is 2.62. The van der Waals surface area contributed by atoms with E-state index in [2.05, 4.69) is 10.2 Å². The molecule has 0 aromatic carbocycles. The molecule has 6 nitrogen and oxygen atoms in total. The molecule has 2 unspecified atom stereocenters. The van der Waals surface area contributed by atoms with Gasteiger partial charge in [-0.05, 0) is 31.7 Å². The van der Waals surface area contributed by atoms with Gasteiger partial charge in [-0.3, -0.25) is 9.59 Å². The second-order valence-corrected chi connectivity index (χ2v) is 7.17. The molecule has 2 heterocycles. The van der Waals surface area contributed by atoms with Crippen molar-refractivity contribution in [3.63, 3.8) is 0 Å². The monoisotopic (exact) mass is 403 g/mol. The third kappa shape index (κ3) is 6.63. The minimum atomic E-state index is -4.56. The Labute approximate surface area is 162 Å². The van der Waals surface area contributed by atoms with E-state index in [9.17, 15) is 22.8 Å². The maximum Gasteiger partial charge on any atom is 0.417 e. The molecule has 1 amide bonds. The number of piperidine rings is 1. The van der Waals surface area contributed by atoms with Crippen LogP contribution in [0.3, 0.4) is 0 Å². The Morgan fingerprint density at radius 1 is 1.36 bits per heavy atom. The van der Waals surface area contributed by atoms with Crippen LogP contribution >= 0.6 is 0 Å². The minimum absolute atomic E-state index is 0.0582. The molecule has 1 fully saturated rings. The van der Waals surface area contributed by atoms with E-state index in [-0.39, 0.29) is 12.0 Å². The van der Waals surface area contributed by atoms with E-state index in [0.29, 0.717) is 12.8 Å². The maximum absolute atomic E-state index is 12.8. The summed E-state index contributed by atoms with van der Waals surface area (Å²) in [4.78, 5) is 26.4. The summed E-state index contributed by atoms with van der Waals surface area (Å²) in [6, 6.07) is 1.50. The first-order chi connectivity index (χ1) is 13.2. The number of carbonyl (C=O) groups excluding carboxylic acids is 1. The van der Waals surface area contributed by atoms with Crippen molar-refractivity contribution in [2.24, 2.45) is 5.92 Å². The van der Waals surface area contributed by atoms with Crippen LogP contribution in [0.25, 0.3) is 0 Å². The van der Waals surface area contributed by atoms with Gasteiger partial charge in [0, 0.05) is 51.2 Å². The molecule has 0 radical (unpaired) electrons. The first kappa shape index (κ1) is 22.4. The molecule has 28 heavy (non-hydrogen) atoms. The number of carbonyl (C=O) groups is 1. The van der Waals surface area contributed by atoms with Gasteiger partial charge in [0.15, 0.2) is 0 Å². The number of halogens is 3. The van der Waals surface area contributed by atoms with E-state index >= 15 is 0 Å². The Balaban J connectivity index is 1.86. The van der Waals surface area contributed by atoms with Crippen LogP contribution in [-0.2, 0) is 22.3 Å². The number of aromatic nitrogens is 1. The van der Waals surface area contributed by atoms with E-state index in [1.165, 1.54) is 0 Å². The number of hydrogen-bond donors (Lipinski definition) is 1. The standard InChI is InChI=1S/C19H28F3N3O3/c1-3-28-10-4-8-24-9-7-16(14(2)11-24)23-17(26)13-25-12-15(19(20,21)22)5-6-18(25)27/h5-6,12,14,16H,3-4,7-11,13H2,1-2H3,(H,23,26). The lowest BCUT2D eigenvalue weighted by Crippen LogP contribution is -2.51. The summed E-state index contributed by atoms with van der Waals surface area (Å²) in [6.07, 6.45) is -2.16. The fourth-order valence-corrected chi connectivity index (χ4v) is 3.41. The number of alkyl halides is 3. The van der Waals surface area contributed by atoms with Crippen LogP contribution in [0.2, 0.25) is 0 Å². The quantitative estimate of drug-likeness (QED) is 0.676. The van der Waals surface area contributed by atoms with Gasteiger partial charge in [-0.1, -0.05) is 6.92 Å². The number of likely N-dealkylation sites (tertiary alicyclic amines) is 1. The lowest BCUT2D eigenvalue weighted by Gasteiger charge is -2.37. The van der Waals surface area contributed by atoms with Gasteiger partial charge in [0.05, 0.1) is 5.56 Å². The molecule has 0 aliphatic carbocycles. The zero-order chi connectivity index (χ0) is 20.7. The zero-order valence-electron chi connectivity index (χ0n) is 16.3. The van der Waals surface area contributed by atoms with Crippen LogP contribution in [0.5, 0.6) is 0 Å². The summed E-state index contributed by atoms with van der Waals surface area (Å²) in [5, 5.41) is 2.87. The Bertz CT molecular complexity index is 706. The first-order valence-corrected chi connectivity index (χ1v) is 9.58. The summed E-state index contributed by atoms with van der Waals surface area (Å²) in [5.41, 5.74) is -1.59. The topological polar surface area (TPSA) is 63.6 Å². The minimum Gasteiger partial charge on any atom is -0.382 e. The van der Waals surface area contributed by atoms with E-state index in [0.717, 1.165) is 55.8 Å². The number of nitrogens with zero attached hydrogens (tertiary/aromatic N) is 2. The van der Waals surface area contributed by atoms with Crippen LogP contribution in [-0.4, -0.2) is 54.3 Å². The second-order valence-electron chi connectivity index (χ2n) is 7.17. The summed E-state index contributed by atoms with van der Waals surface area (Å²) < 4.78 is 44.5. The van der Waals surface area contributed by atoms with E-state index in [1.54, 1.807) is 0 Å². The largest absolute Gasteiger partial charge is 0.417 e. The molecule has 0 saturated carbocycles. The van der Waals surface area contributed by atoms with Gasteiger partial charge in [0.2, 0.25) is 5.91 Å². The van der Waals surface area contributed by atoms with Crippen molar-refractivity contribution in [2.45, 2.75) is 45.5 Å². The number of rotatable bonds is 8. The van der Waals surface area contributed by atoms with Gasteiger partial charge in [-0.2, -0.15) is 13.2 Å². The Morgan fingerprint density at radius 3 is 2.75 bits per heavy atom. The molecule has 2 rings (SSSR count). The van der Waals surface area contributed by atoms with E-state index in [1.807, 2.05) is 13.8 Å². The molecule has 0 spiro atoms. The summed E-state index contributed by atoms with van der Waals surface area (Å²) in [6.45, 7) is 7.62. The lowest BCUT2D eigenvalue weighted by atomic mass is 9.93. The molecule has 1 aromatic heterocycles. The Hall–Kier alpha value is -1.87. The highest BCUT2D eigenvalue weighted by atomic mass is 19.4. The van der Waals surface area contributed by atoms with Crippen molar-refractivity contribution in [3.8, 4) is 0 Å². The number of nitrogens with one attached hydrogen (secondary N) is 1. The number of amides is 1. The van der Waals surface area contributed by atoms with Gasteiger partial charge in [0.25, 0.3) is 5.56 Å². The van der Waals surface area contributed by atoms with Crippen molar-refractivity contribution in [3.05, 3.63) is 34.2 Å². The molecule has 9 heteroatoms. The Morgan fingerprint density at radius 2 is 2.11 bits per heavy atom. The molecular formula is C19H28F3N3O3. The zero-order valence-corrected chi connectivity index (χ0v) is 16.3. The predicted molar refractivity (Wildman–Crippen MR) is 99.0 cm³/mol. The second kappa shape index (κ2) is 10.1. The van der Waals surface area contributed by atoms with Crippen molar-refractivity contribution < 1.29 is 22.7 Å². The van der Waals surface area contributed by atoms with Gasteiger partial charge in [-0.25, -0.2) is 0 Å². The van der Waals surface area contributed by atoms with E-state index < -0.39 is 29.8 Å². The third-order valence-corrected chi connectivity index (χ3v) is 4.93. The van der Waals surface area contributed by atoms with Crippen LogP contribution in [0.15, 0.2) is 23.1 Å². The highest BCUT2D eigenvalue weighted by molar-refractivity contribution is 5.76. The number of pyridine rings is 1. The van der Waals surface area contributed by atoms with Crippen LogP contribution < -0.4 is 10.9 Å². The summed E-state index contributed by atoms with van der Waals surface area (Å²) in [7, 11) is 0. The highest BCUT2D eigenvalue weighted by Gasteiger charge is 2.31.